The minimum absolute atomic E-state index is 0.00133. The summed E-state index contributed by atoms with van der Waals surface area (Å²) in [6, 6.07) is 7.03. The third-order valence-corrected chi connectivity index (χ3v) is 6.97. The van der Waals surface area contributed by atoms with Crippen LogP contribution in [0, 0.1) is 5.82 Å². The van der Waals surface area contributed by atoms with Crippen LogP contribution in [0.15, 0.2) is 41.3 Å². The van der Waals surface area contributed by atoms with Crippen molar-refractivity contribution >= 4 is 28.8 Å². The Hall–Kier alpha value is -4.28. The molecule has 0 bridgehead atoms. The quantitative estimate of drug-likeness (QED) is 0.369. The van der Waals surface area contributed by atoms with Crippen molar-refractivity contribution in [3.05, 3.63) is 69.4 Å². The van der Waals surface area contributed by atoms with Crippen molar-refractivity contribution in [2.75, 3.05) is 13.1 Å². The largest absolute Gasteiger partial charge is 0.505 e. The van der Waals surface area contributed by atoms with Gasteiger partial charge in [0, 0.05) is 38.3 Å². The minimum atomic E-state index is -0.851. The Bertz CT molecular complexity index is 1540. The third-order valence-electron chi connectivity index (χ3n) is 6.97. The number of ether oxygens (including phenoxy) is 1. The summed E-state index contributed by atoms with van der Waals surface area (Å²) >= 11 is 0. The Morgan fingerprint density at radius 2 is 1.83 bits per heavy atom. The molecular weight excluding hydrogens is 543 g/mol. The number of pyridine rings is 2. The summed E-state index contributed by atoms with van der Waals surface area (Å²) in [4.78, 5) is 57.8. The number of rotatable bonds is 9. The molecule has 10 nitrogen and oxygen atoms in total. The number of benzene rings is 1. The monoisotopic (exact) mass is 580 g/mol. The molecule has 1 aromatic carbocycles. The van der Waals surface area contributed by atoms with Crippen molar-refractivity contribution in [2.45, 2.75) is 78.0 Å². The van der Waals surface area contributed by atoms with Crippen LogP contribution >= 0.6 is 0 Å². The topological polar surface area (TPSA) is 131 Å². The van der Waals surface area contributed by atoms with Crippen LogP contribution < -0.4 is 10.9 Å². The van der Waals surface area contributed by atoms with Gasteiger partial charge in [0.15, 0.2) is 5.75 Å². The zero-order valence-electron chi connectivity index (χ0n) is 24.4. The first-order valence-corrected chi connectivity index (χ1v) is 14.1. The van der Waals surface area contributed by atoms with E-state index < -0.39 is 40.4 Å². The van der Waals surface area contributed by atoms with E-state index in [-0.39, 0.29) is 36.8 Å². The first-order chi connectivity index (χ1) is 19.8. The lowest BCUT2D eigenvalue weighted by molar-refractivity contribution is -0.155. The molecule has 11 heteroatoms. The van der Waals surface area contributed by atoms with E-state index in [0.29, 0.717) is 30.5 Å². The van der Waals surface area contributed by atoms with Gasteiger partial charge in [-0.15, -0.1) is 0 Å². The number of nitrogens with zero attached hydrogens (tertiary/aromatic N) is 3. The lowest BCUT2D eigenvalue weighted by atomic mass is 10.0. The van der Waals surface area contributed by atoms with Gasteiger partial charge in [0.2, 0.25) is 5.91 Å². The summed E-state index contributed by atoms with van der Waals surface area (Å²) in [6.45, 7) is 7.71. The molecule has 1 saturated heterocycles. The van der Waals surface area contributed by atoms with E-state index in [1.54, 1.807) is 50.8 Å². The average Bonchev–Trinajstić information content (AvgIpc) is 2.89. The first kappa shape index (κ1) is 30.7. The summed E-state index contributed by atoms with van der Waals surface area (Å²) in [6.07, 6.45) is 3.92. The zero-order chi connectivity index (χ0) is 30.6. The number of halogens is 1. The Morgan fingerprint density at radius 3 is 2.50 bits per heavy atom. The summed E-state index contributed by atoms with van der Waals surface area (Å²) in [5, 5.41) is 13.7. The normalized spacial score (nSPS) is 14.6. The number of esters is 1. The molecule has 1 atom stereocenters. The molecule has 2 aromatic heterocycles. The molecule has 0 saturated carbocycles. The molecule has 3 heterocycles. The third kappa shape index (κ3) is 7.51. The highest BCUT2D eigenvalue weighted by Crippen LogP contribution is 2.26. The number of aromatic hydroxyl groups is 1. The molecule has 0 aliphatic carbocycles. The molecule has 0 radical (unpaired) electrons. The van der Waals surface area contributed by atoms with Gasteiger partial charge in [-0.3, -0.25) is 24.2 Å². The Kier molecular flexibility index (Phi) is 9.28. The molecule has 2 amide bonds. The van der Waals surface area contributed by atoms with Crippen molar-refractivity contribution in [1.29, 1.82) is 0 Å². The van der Waals surface area contributed by atoms with Crippen molar-refractivity contribution in [3.8, 4) is 5.75 Å². The Labute approximate surface area is 243 Å². The van der Waals surface area contributed by atoms with E-state index in [0.717, 1.165) is 18.4 Å². The number of aromatic nitrogens is 2. The van der Waals surface area contributed by atoms with Crippen molar-refractivity contribution in [3.63, 3.8) is 0 Å². The molecule has 2 N–H and O–H groups in total. The Morgan fingerprint density at radius 1 is 1.12 bits per heavy atom. The molecule has 42 heavy (non-hydrogen) atoms. The van der Waals surface area contributed by atoms with Crippen LogP contribution in [-0.2, 0) is 27.3 Å². The molecule has 0 spiro atoms. The Balaban J connectivity index is 1.69. The number of likely N-dealkylation sites (tertiary alicyclic amines) is 1. The summed E-state index contributed by atoms with van der Waals surface area (Å²) in [5.41, 5.74) is -0.0486. The second-order valence-corrected chi connectivity index (χ2v) is 11.7. The van der Waals surface area contributed by atoms with Gasteiger partial charge in [0.25, 0.3) is 11.5 Å². The number of hydrogen-bond acceptors (Lipinski definition) is 7. The van der Waals surface area contributed by atoms with E-state index in [2.05, 4.69) is 10.3 Å². The second kappa shape index (κ2) is 12.7. The van der Waals surface area contributed by atoms with Crippen LogP contribution in [0.5, 0.6) is 5.75 Å². The fraction of sp³-hybridized carbons (Fsp3) is 0.452. The van der Waals surface area contributed by atoms with Gasteiger partial charge in [0.1, 0.15) is 22.5 Å². The van der Waals surface area contributed by atoms with Gasteiger partial charge in [-0.1, -0.05) is 12.1 Å². The SMILES string of the molecule is CC(CC(=O)OC(C)(C)C)NC(=O)c1c(O)c2ncc(Cc3ccc(F)cc3)cc2n(CCN2CCCCC2=O)c1=O. The highest BCUT2D eigenvalue weighted by Gasteiger charge is 2.27. The van der Waals surface area contributed by atoms with Gasteiger partial charge >= 0.3 is 5.97 Å². The lowest BCUT2D eigenvalue weighted by Gasteiger charge is -2.27. The maximum absolute atomic E-state index is 13.8. The molecule has 1 aliphatic heterocycles. The fourth-order valence-electron chi connectivity index (χ4n) is 5.01. The van der Waals surface area contributed by atoms with Crippen LogP contribution in [-0.4, -0.2) is 62.1 Å². The van der Waals surface area contributed by atoms with Crippen molar-refractivity contribution in [2.24, 2.45) is 0 Å². The molecular formula is C31H37FN4O6. The fourth-order valence-corrected chi connectivity index (χ4v) is 5.01. The van der Waals surface area contributed by atoms with Crippen LogP contribution in [0.1, 0.15) is 74.9 Å². The molecule has 224 valence electrons. The highest BCUT2D eigenvalue weighted by atomic mass is 19.1. The average molecular weight is 581 g/mol. The van der Waals surface area contributed by atoms with Crippen LogP contribution in [0.4, 0.5) is 4.39 Å². The first-order valence-electron chi connectivity index (χ1n) is 14.1. The van der Waals surface area contributed by atoms with Crippen molar-refractivity contribution in [1.82, 2.24) is 19.8 Å². The van der Waals surface area contributed by atoms with E-state index in [1.165, 1.54) is 22.9 Å². The predicted octanol–water partition coefficient (Wildman–Crippen LogP) is 3.69. The molecule has 4 rings (SSSR count). The van der Waals surface area contributed by atoms with Crippen molar-refractivity contribution < 1.29 is 28.6 Å². The maximum Gasteiger partial charge on any atom is 0.308 e. The summed E-state index contributed by atoms with van der Waals surface area (Å²) < 4.78 is 20.1. The van der Waals surface area contributed by atoms with Crippen LogP contribution in [0.25, 0.3) is 11.0 Å². The van der Waals surface area contributed by atoms with E-state index in [1.807, 2.05) is 0 Å². The number of fused-ring (bicyclic) bond motifs is 1. The van der Waals surface area contributed by atoms with Gasteiger partial charge in [0.05, 0.1) is 11.9 Å². The van der Waals surface area contributed by atoms with Gasteiger partial charge in [-0.05, 0) is 76.3 Å². The van der Waals surface area contributed by atoms with Crippen LogP contribution in [0.3, 0.4) is 0 Å². The number of piperidine rings is 1. The molecule has 1 unspecified atom stereocenters. The number of amides is 2. The smallest absolute Gasteiger partial charge is 0.308 e. The van der Waals surface area contributed by atoms with Gasteiger partial charge in [-0.25, -0.2) is 4.39 Å². The van der Waals surface area contributed by atoms with E-state index in [4.69, 9.17) is 4.74 Å². The highest BCUT2D eigenvalue weighted by molar-refractivity contribution is 6.01. The molecule has 1 aliphatic rings. The summed E-state index contributed by atoms with van der Waals surface area (Å²) in [5.74, 6) is -2.29. The standard InChI is InChI=1S/C31H37FN4O6/c1-19(15-25(38)42-31(2,3)4)34-29(40)26-28(39)27-23(17-21(18-33-27)16-20-8-10-22(32)11-9-20)36(30(26)41)14-13-35-12-6-5-7-24(35)37/h8-11,17-19,39H,5-7,12-16H2,1-4H3,(H,34,40). The zero-order valence-corrected chi connectivity index (χ0v) is 24.4. The summed E-state index contributed by atoms with van der Waals surface area (Å²) in [7, 11) is 0. The number of carbonyl (C=O) groups is 3. The van der Waals surface area contributed by atoms with Crippen LogP contribution in [0.2, 0.25) is 0 Å². The maximum atomic E-state index is 13.8. The second-order valence-electron chi connectivity index (χ2n) is 11.7. The number of nitrogens with one attached hydrogen (secondary N) is 1. The predicted molar refractivity (Wildman–Crippen MR) is 155 cm³/mol. The number of hydrogen-bond donors (Lipinski definition) is 2. The minimum Gasteiger partial charge on any atom is -0.505 e. The van der Waals surface area contributed by atoms with Gasteiger partial charge in [-0.2, -0.15) is 0 Å². The van der Waals surface area contributed by atoms with Gasteiger partial charge < -0.3 is 24.6 Å². The molecule has 3 aromatic rings. The number of carbonyl (C=O) groups excluding carboxylic acids is 3. The van der Waals surface area contributed by atoms with E-state index >= 15 is 0 Å². The lowest BCUT2D eigenvalue weighted by Crippen LogP contribution is -2.41. The van der Waals surface area contributed by atoms with E-state index in [9.17, 15) is 28.7 Å². The molecule has 1 fully saturated rings.